The molecular formula is C17H20ClNO2. The topological polar surface area (TPSA) is 40.5 Å². The Morgan fingerprint density at radius 2 is 2.10 bits per heavy atom. The van der Waals surface area contributed by atoms with Gasteiger partial charge < -0.3 is 10.0 Å². The molecule has 2 unspecified atom stereocenters. The number of rotatable bonds is 3. The van der Waals surface area contributed by atoms with Crippen LogP contribution in [0.3, 0.4) is 0 Å². The van der Waals surface area contributed by atoms with Crippen LogP contribution < -0.4 is 4.90 Å². The van der Waals surface area contributed by atoms with Crippen LogP contribution in [0.2, 0.25) is 5.02 Å². The Kier molecular flexibility index (Phi) is 4.20. The van der Waals surface area contributed by atoms with Crippen molar-refractivity contribution in [3.63, 3.8) is 0 Å². The summed E-state index contributed by atoms with van der Waals surface area (Å²) in [6, 6.07) is 6.61. The Bertz CT molecular complexity index is 570. The van der Waals surface area contributed by atoms with E-state index in [0.29, 0.717) is 11.1 Å². The van der Waals surface area contributed by atoms with E-state index in [1.165, 1.54) is 37.8 Å². The quantitative estimate of drug-likeness (QED) is 0.851. The molecule has 0 bridgehead atoms. The largest absolute Gasteiger partial charge is 0.478 e. The fraction of sp³-hybridized carbons (Fsp3) is 0.471. The third-order valence-electron chi connectivity index (χ3n) is 4.71. The van der Waals surface area contributed by atoms with Gasteiger partial charge in [0.2, 0.25) is 0 Å². The maximum Gasteiger partial charge on any atom is 0.328 e. The number of aliphatic carboxylic acids is 1. The van der Waals surface area contributed by atoms with Crippen LogP contribution in [-0.2, 0) is 4.79 Å². The highest BCUT2D eigenvalue weighted by Crippen LogP contribution is 2.39. The molecule has 1 saturated carbocycles. The van der Waals surface area contributed by atoms with Crippen molar-refractivity contribution in [1.82, 2.24) is 0 Å². The molecule has 2 fully saturated rings. The average molecular weight is 306 g/mol. The van der Waals surface area contributed by atoms with Gasteiger partial charge in [0.15, 0.2) is 0 Å². The number of carboxylic acids is 1. The predicted molar refractivity (Wildman–Crippen MR) is 85.8 cm³/mol. The number of carboxylic acid groups (broad SMARTS) is 1. The summed E-state index contributed by atoms with van der Waals surface area (Å²) in [5.74, 6) is -0.121. The smallest absolute Gasteiger partial charge is 0.328 e. The molecule has 1 aromatic rings. The van der Waals surface area contributed by atoms with Crippen LogP contribution in [0.4, 0.5) is 5.69 Å². The lowest BCUT2D eigenvalue weighted by molar-refractivity contribution is -0.131. The zero-order chi connectivity index (χ0) is 14.8. The van der Waals surface area contributed by atoms with Gasteiger partial charge in [-0.1, -0.05) is 24.1 Å². The molecule has 2 aliphatic rings. The first-order chi connectivity index (χ1) is 10.1. The molecule has 3 nitrogen and oxygen atoms in total. The monoisotopic (exact) mass is 305 g/mol. The first-order valence-corrected chi connectivity index (χ1v) is 8.00. The van der Waals surface area contributed by atoms with Crippen LogP contribution in [0.1, 0.15) is 37.7 Å². The number of hydrogen-bond donors (Lipinski definition) is 1. The number of hydrogen-bond acceptors (Lipinski definition) is 2. The summed E-state index contributed by atoms with van der Waals surface area (Å²) in [5.41, 5.74) is 1.92. The highest BCUT2D eigenvalue weighted by atomic mass is 35.5. The fourth-order valence-electron chi connectivity index (χ4n) is 3.77. The summed E-state index contributed by atoms with van der Waals surface area (Å²) in [4.78, 5) is 13.1. The first-order valence-electron chi connectivity index (χ1n) is 7.62. The molecule has 0 radical (unpaired) electrons. The van der Waals surface area contributed by atoms with E-state index in [1.54, 1.807) is 6.08 Å². The van der Waals surface area contributed by atoms with Crippen molar-refractivity contribution in [3.8, 4) is 0 Å². The number of carbonyl (C=O) groups is 1. The summed E-state index contributed by atoms with van der Waals surface area (Å²) in [5, 5.41) is 9.30. The lowest BCUT2D eigenvalue weighted by Crippen LogP contribution is -2.42. The van der Waals surface area contributed by atoms with Crippen LogP contribution in [0, 0.1) is 5.92 Å². The second-order valence-electron chi connectivity index (χ2n) is 5.97. The van der Waals surface area contributed by atoms with Crippen LogP contribution in [0.25, 0.3) is 6.08 Å². The number of benzene rings is 1. The zero-order valence-electron chi connectivity index (χ0n) is 12.0. The number of fused-ring (bicyclic) bond motifs is 1. The normalized spacial score (nSPS) is 25.3. The molecule has 0 aromatic heterocycles. The molecule has 1 aliphatic heterocycles. The van der Waals surface area contributed by atoms with Gasteiger partial charge in [0, 0.05) is 29.4 Å². The van der Waals surface area contributed by atoms with Crippen molar-refractivity contribution in [2.75, 3.05) is 11.4 Å². The van der Waals surface area contributed by atoms with Gasteiger partial charge in [0.05, 0.1) is 0 Å². The molecule has 1 N–H and O–H groups in total. The molecule has 1 heterocycles. The van der Waals surface area contributed by atoms with E-state index in [9.17, 15) is 4.79 Å². The summed E-state index contributed by atoms with van der Waals surface area (Å²) >= 11 is 6.30. The maximum absolute atomic E-state index is 10.6. The number of piperidine rings is 1. The Labute approximate surface area is 130 Å². The predicted octanol–water partition coefficient (Wildman–Crippen LogP) is 4.21. The lowest BCUT2D eigenvalue weighted by Gasteiger charge is -2.39. The van der Waals surface area contributed by atoms with E-state index in [-0.39, 0.29) is 0 Å². The first kappa shape index (κ1) is 14.5. The minimum Gasteiger partial charge on any atom is -0.478 e. The molecule has 0 spiro atoms. The molecule has 21 heavy (non-hydrogen) atoms. The highest BCUT2D eigenvalue weighted by Gasteiger charge is 2.35. The average Bonchev–Trinajstić information content (AvgIpc) is 2.94. The fourth-order valence-corrected chi connectivity index (χ4v) is 4.00. The van der Waals surface area contributed by atoms with Gasteiger partial charge in [-0.05, 0) is 55.4 Å². The lowest BCUT2D eigenvalue weighted by atomic mass is 9.91. The highest BCUT2D eigenvalue weighted by molar-refractivity contribution is 6.32. The van der Waals surface area contributed by atoms with Gasteiger partial charge in [0.1, 0.15) is 0 Å². The van der Waals surface area contributed by atoms with E-state index in [0.717, 1.165) is 24.1 Å². The maximum atomic E-state index is 10.6. The van der Waals surface area contributed by atoms with Crippen LogP contribution in [-0.4, -0.2) is 23.7 Å². The molecule has 1 aromatic carbocycles. The molecule has 0 amide bonds. The Morgan fingerprint density at radius 1 is 1.29 bits per heavy atom. The standard InChI is InChI=1S/C17H20ClNO2/c18-15-11-14(8-6-12(15)7-9-17(20)21)19-10-2-4-13-3-1-5-16(13)19/h6-9,11,13,16H,1-5,10H2,(H,20,21)/b9-7+. The van der Waals surface area contributed by atoms with E-state index >= 15 is 0 Å². The minimum atomic E-state index is -0.958. The minimum absolute atomic E-state index is 0.616. The Morgan fingerprint density at radius 3 is 2.86 bits per heavy atom. The summed E-state index contributed by atoms with van der Waals surface area (Å²) < 4.78 is 0. The van der Waals surface area contributed by atoms with Crippen molar-refractivity contribution in [3.05, 3.63) is 34.9 Å². The van der Waals surface area contributed by atoms with Gasteiger partial charge in [0.25, 0.3) is 0 Å². The third-order valence-corrected chi connectivity index (χ3v) is 5.04. The number of nitrogens with zero attached hydrogens (tertiary/aromatic N) is 1. The summed E-state index contributed by atoms with van der Waals surface area (Å²) in [7, 11) is 0. The van der Waals surface area contributed by atoms with Gasteiger partial charge in [-0.15, -0.1) is 0 Å². The van der Waals surface area contributed by atoms with Gasteiger partial charge in [-0.2, -0.15) is 0 Å². The molecule has 1 saturated heterocycles. The molecule has 3 rings (SSSR count). The van der Waals surface area contributed by atoms with Crippen molar-refractivity contribution >= 4 is 29.3 Å². The van der Waals surface area contributed by atoms with Crippen molar-refractivity contribution in [1.29, 1.82) is 0 Å². The van der Waals surface area contributed by atoms with E-state index in [1.807, 2.05) is 12.1 Å². The third kappa shape index (κ3) is 3.08. The van der Waals surface area contributed by atoms with Crippen molar-refractivity contribution in [2.45, 2.75) is 38.1 Å². The van der Waals surface area contributed by atoms with Crippen molar-refractivity contribution in [2.24, 2.45) is 5.92 Å². The summed E-state index contributed by atoms with van der Waals surface area (Å²) in [6.07, 6.45) is 9.24. The van der Waals surface area contributed by atoms with Gasteiger partial charge in [-0.3, -0.25) is 0 Å². The van der Waals surface area contributed by atoms with Crippen LogP contribution in [0.5, 0.6) is 0 Å². The molecule has 4 heteroatoms. The summed E-state index contributed by atoms with van der Waals surface area (Å²) in [6.45, 7) is 1.10. The number of anilines is 1. The zero-order valence-corrected chi connectivity index (χ0v) is 12.7. The van der Waals surface area contributed by atoms with E-state index < -0.39 is 5.97 Å². The molecular weight excluding hydrogens is 286 g/mol. The van der Waals surface area contributed by atoms with Crippen molar-refractivity contribution < 1.29 is 9.90 Å². The van der Waals surface area contributed by atoms with Gasteiger partial charge >= 0.3 is 5.97 Å². The second-order valence-corrected chi connectivity index (χ2v) is 6.38. The molecule has 112 valence electrons. The Hall–Kier alpha value is -1.48. The second kappa shape index (κ2) is 6.10. The van der Waals surface area contributed by atoms with Crippen LogP contribution in [0.15, 0.2) is 24.3 Å². The molecule has 2 atom stereocenters. The van der Waals surface area contributed by atoms with Gasteiger partial charge in [-0.25, -0.2) is 4.79 Å². The van der Waals surface area contributed by atoms with E-state index in [2.05, 4.69) is 11.0 Å². The van der Waals surface area contributed by atoms with Crippen LogP contribution >= 0.6 is 11.6 Å². The number of halogens is 1. The molecule has 1 aliphatic carbocycles. The SMILES string of the molecule is O=C(O)/C=C/c1ccc(N2CCCC3CCCC32)cc1Cl. The van der Waals surface area contributed by atoms with E-state index in [4.69, 9.17) is 16.7 Å². The Balaban J connectivity index is 1.82.